The Morgan fingerprint density at radius 3 is 2.00 bits per heavy atom. The van der Waals surface area contributed by atoms with E-state index in [1.165, 1.54) is 6.42 Å². The zero-order valence-electron chi connectivity index (χ0n) is 26.0. The minimum atomic E-state index is -0.385. The second-order valence-corrected chi connectivity index (χ2v) is 11.0. The van der Waals surface area contributed by atoms with Gasteiger partial charge in [-0.3, -0.25) is 0 Å². The van der Waals surface area contributed by atoms with Gasteiger partial charge in [-0.05, 0) is 133 Å². The summed E-state index contributed by atoms with van der Waals surface area (Å²) in [4.78, 5) is 12.4. The number of hydrogen-bond donors (Lipinski definition) is 0. The Bertz CT molecular complexity index is 1000. The van der Waals surface area contributed by atoms with Crippen LogP contribution in [0.4, 0.5) is 0 Å². The number of unbranched alkanes of at least 4 members (excludes halogenated alkanes) is 2. The van der Waals surface area contributed by atoms with Gasteiger partial charge in [-0.2, -0.15) is 0 Å². The normalized spacial score (nSPS) is 11.7. The standard InChI is InChI=1S/C31H44O4.C3H8/c1-21(2)20-33-16-14-12-13-15-22(3)30(32)34-27(8)23(4)17-24(5)28-18-25(6)29(26(7)19-28)35-31(9,10)11;1-3-2/h15,17-20H,5,8,12-14,16H2,1-4,6-7,9-11H3;3H2,1-2H3/b22-15+,23-17-;. The molecule has 0 saturated carbocycles. The SMILES string of the molecule is C=C(OC(=O)/C(C)=C/CCCCOC=C(C)C)/C(C)=C\C(=C)c1cc(C)c(OC(C)(C)C)c(C)c1.CCC. The van der Waals surface area contributed by atoms with Crippen molar-refractivity contribution >= 4 is 11.5 Å². The first-order chi connectivity index (χ1) is 17.6. The van der Waals surface area contributed by atoms with Crippen molar-refractivity contribution in [2.24, 2.45) is 0 Å². The fourth-order valence-corrected chi connectivity index (χ4v) is 3.26. The number of rotatable bonds is 12. The highest BCUT2D eigenvalue weighted by molar-refractivity contribution is 5.88. The Labute approximate surface area is 233 Å². The van der Waals surface area contributed by atoms with Crippen LogP contribution in [0.5, 0.6) is 5.75 Å². The Balaban J connectivity index is 0.00000434. The van der Waals surface area contributed by atoms with Crippen LogP contribution >= 0.6 is 0 Å². The Hall–Kier alpha value is -3.01. The summed E-state index contributed by atoms with van der Waals surface area (Å²) in [6.07, 6.45) is 9.49. The summed E-state index contributed by atoms with van der Waals surface area (Å²) in [5.41, 5.74) is 6.11. The third kappa shape index (κ3) is 14.7. The molecule has 0 fully saturated rings. The molecule has 0 saturated heterocycles. The predicted octanol–water partition coefficient (Wildman–Crippen LogP) is 9.97. The smallest absolute Gasteiger partial charge is 0.338 e. The van der Waals surface area contributed by atoms with E-state index in [9.17, 15) is 4.79 Å². The van der Waals surface area contributed by atoms with Crippen LogP contribution in [-0.2, 0) is 14.3 Å². The minimum Gasteiger partial charge on any atom is -0.501 e. The number of allylic oxidation sites excluding steroid dienone is 5. The highest BCUT2D eigenvalue weighted by Crippen LogP contribution is 2.31. The van der Waals surface area contributed by atoms with E-state index in [1.54, 1.807) is 13.2 Å². The monoisotopic (exact) mass is 524 g/mol. The van der Waals surface area contributed by atoms with Gasteiger partial charge < -0.3 is 14.2 Å². The highest BCUT2D eigenvalue weighted by Gasteiger charge is 2.16. The lowest BCUT2D eigenvalue weighted by Gasteiger charge is -2.24. The molecule has 1 aromatic rings. The van der Waals surface area contributed by atoms with Crippen molar-refractivity contribution in [1.82, 2.24) is 0 Å². The van der Waals surface area contributed by atoms with E-state index in [0.717, 1.165) is 58.4 Å². The first-order valence-electron chi connectivity index (χ1n) is 13.6. The summed E-state index contributed by atoms with van der Waals surface area (Å²) < 4.78 is 17.0. The van der Waals surface area contributed by atoms with Gasteiger partial charge in [0.1, 0.15) is 17.1 Å². The third-order valence-corrected chi connectivity index (χ3v) is 5.09. The molecule has 1 rings (SSSR count). The molecule has 0 aromatic heterocycles. The maximum Gasteiger partial charge on any atom is 0.338 e. The summed E-state index contributed by atoms with van der Waals surface area (Å²) in [6, 6.07) is 4.12. The largest absolute Gasteiger partial charge is 0.501 e. The quantitative estimate of drug-likeness (QED) is 0.0897. The lowest BCUT2D eigenvalue weighted by Crippen LogP contribution is -2.24. The highest BCUT2D eigenvalue weighted by atomic mass is 16.5. The molecule has 0 amide bonds. The Morgan fingerprint density at radius 2 is 1.50 bits per heavy atom. The van der Waals surface area contributed by atoms with Crippen molar-refractivity contribution < 1.29 is 19.0 Å². The lowest BCUT2D eigenvalue weighted by molar-refractivity contribution is -0.134. The van der Waals surface area contributed by atoms with Gasteiger partial charge in [-0.25, -0.2) is 4.79 Å². The fourth-order valence-electron chi connectivity index (χ4n) is 3.26. The molecular formula is C34H52O4. The number of carbonyl (C=O) groups excluding carboxylic acids is 1. The van der Waals surface area contributed by atoms with Crippen molar-refractivity contribution in [3.8, 4) is 5.75 Å². The summed E-state index contributed by atoms with van der Waals surface area (Å²) in [5, 5.41) is 0. The van der Waals surface area contributed by atoms with Crippen LogP contribution in [0.2, 0.25) is 0 Å². The lowest BCUT2D eigenvalue weighted by atomic mass is 9.98. The summed E-state index contributed by atoms with van der Waals surface area (Å²) in [7, 11) is 0. The van der Waals surface area contributed by atoms with Crippen molar-refractivity contribution in [1.29, 1.82) is 0 Å². The third-order valence-electron chi connectivity index (χ3n) is 5.09. The van der Waals surface area contributed by atoms with E-state index in [-0.39, 0.29) is 11.6 Å². The molecule has 0 bridgehead atoms. The van der Waals surface area contributed by atoms with Gasteiger partial charge in [0.05, 0.1) is 12.9 Å². The minimum absolute atomic E-state index is 0.265. The fraction of sp³-hybridized carbons (Fsp3) is 0.500. The first kappa shape index (κ1) is 35.0. The van der Waals surface area contributed by atoms with E-state index >= 15 is 0 Å². The van der Waals surface area contributed by atoms with Crippen LogP contribution in [0.1, 0.15) is 105 Å². The molecular weight excluding hydrogens is 472 g/mol. The van der Waals surface area contributed by atoms with Crippen molar-refractivity contribution in [3.63, 3.8) is 0 Å². The van der Waals surface area contributed by atoms with Crippen LogP contribution in [-0.4, -0.2) is 18.2 Å². The van der Waals surface area contributed by atoms with E-state index in [4.69, 9.17) is 14.2 Å². The van der Waals surface area contributed by atoms with Crippen LogP contribution < -0.4 is 4.74 Å². The summed E-state index contributed by atoms with van der Waals surface area (Å²) in [6.45, 7) is 30.9. The van der Waals surface area contributed by atoms with E-state index in [1.807, 2.05) is 67.5 Å². The molecule has 0 aliphatic carbocycles. The molecule has 38 heavy (non-hydrogen) atoms. The molecule has 4 heteroatoms. The molecule has 0 atom stereocenters. The Kier molecular flexibility index (Phi) is 16.1. The van der Waals surface area contributed by atoms with E-state index in [2.05, 4.69) is 39.1 Å². The molecule has 0 heterocycles. The molecule has 4 nitrogen and oxygen atoms in total. The number of benzene rings is 1. The number of carbonyl (C=O) groups is 1. The predicted molar refractivity (Wildman–Crippen MR) is 163 cm³/mol. The van der Waals surface area contributed by atoms with Crippen LogP contribution in [0, 0.1) is 13.8 Å². The van der Waals surface area contributed by atoms with Gasteiger partial charge >= 0.3 is 5.97 Å². The molecule has 0 unspecified atom stereocenters. The average molecular weight is 525 g/mol. The number of aryl methyl sites for hydroxylation is 2. The molecule has 1 aromatic carbocycles. The number of ether oxygens (including phenoxy) is 3. The molecule has 0 aliphatic heterocycles. The molecule has 0 aliphatic rings. The van der Waals surface area contributed by atoms with Crippen molar-refractivity contribution in [2.75, 3.05) is 6.61 Å². The van der Waals surface area contributed by atoms with Gasteiger partial charge in [0.2, 0.25) is 0 Å². The number of hydrogen-bond acceptors (Lipinski definition) is 4. The average Bonchev–Trinajstić information content (AvgIpc) is 2.79. The maximum absolute atomic E-state index is 12.4. The molecule has 212 valence electrons. The maximum atomic E-state index is 12.4. The van der Waals surface area contributed by atoms with Crippen molar-refractivity contribution in [3.05, 3.63) is 82.9 Å². The van der Waals surface area contributed by atoms with Gasteiger partial charge in [-0.1, -0.05) is 39.5 Å². The van der Waals surface area contributed by atoms with Gasteiger partial charge in [0.25, 0.3) is 0 Å². The van der Waals surface area contributed by atoms with Crippen LogP contribution in [0.15, 0.2) is 66.2 Å². The number of esters is 1. The second-order valence-electron chi connectivity index (χ2n) is 11.0. The van der Waals surface area contributed by atoms with E-state index < -0.39 is 0 Å². The Morgan fingerprint density at radius 1 is 0.947 bits per heavy atom. The summed E-state index contributed by atoms with van der Waals surface area (Å²) in [5.74, 6) is 0.834. The molecule has 0 radical (unpaired) electrons. The zero-order valence-corrected chi connectivity index (χ0v) is 26.0. The zero-order chi connectivity index (χ0) is 29.5. The van der Waals surface area contributed by atoms with E-state index in [0.29, 0.717) is 17.9 Å². The van der Waals surface area contributed by atoms with Gasteiger partial charge in [0, 0.05) is 5.57 Å². The summed E-state index contributed by atoms with van der Waals surface area (Å²) >= 11 is 0. The molecule has 0 N–H and O–H groups in total. The van der Waals surface area contributed by atoms with Crippen LogP contribution in [0.3, 0.4) is 0 Å². The van der Waals surface area contributed by atoms with Crippen molar-refractivity contribution in [2.45, 2.75) is 107 Å². The molecule has 0 spiro atoms. The second kappa shape index (κ2) is 17.5. The van der Waals surface area contributed by atoms with Gasteiger partial charge in [-0.15, -0.1) is 0 Å². The first-order valence-corrected chi connectivity index (χ1v) is 13.6. The van der Waals surface area contributed by atoms with Crippen LogP contribution in [0.25, 0.3) is 5.57 Å². The van der Waals surface area contributed by atoms with Gasteiger partial charge in [0.15, 0.2) is 0 Å². The topological polar surface area (TPSA) is 44.8 Å².